The highest BCUT2D eigenvalue weighted by Crippen LogP contribution is 2.15. The fraction of sp³-hybridized carbons (Fsp3) is 0.500. The van der Waals surface area contributed by atoms with Crippen LogP contribution < -0.4 is 0 Å². The van der Waals surface area contributed by atoms with E-state index in [1.54, 1.807) is 17.0 Å². The van der Waals surface area contributed by atoms with Crippen LogP contribution in [0.15, 0.2) is 24.3 Å². The van der Waals surface area contributed by atoms with Crippen molar-refractivity contribution in [1.82, 2.24) is 4.90 Å². The Labute approximate surface area is 125 Å². The van der Waals surface area contributed by atoms with Crippen LogP contribution in [0.1, 0.15) is 35.7 Å². The first-order valence-corrected chi connectivity index (χ1v) is 7.09. The van der Waals surface area contributed by atoms with Crippen LogP contribution in [0.3, 0.4) is 0 Å². The zero-order valence-electron chi connectivity index (χ0n) is 12.8. The van der Waals surface area contributed by atoms with Crippen molar-refractivity contribution in [2.24, 2.45) is 0 Å². The number of aliphatic hydroxyl groups is 1. The van der Waals surface area contributed by atoms with Gasteiger partial charge in [0.1, 0.15) is 0 Å². The van der Waals surface area contributed by atoms with Gasteiger partial charge in [0.15, 0.2) is 0 Å². The van der Waals surface area contributed by atoms with E-state index in [4.69, 9.17) is 0 Å². The molecule has 1 N–H and O–H groups in total. The Morgan fingerprint density at radius 3 is 2.52 bits per heavy atom. The largest absolute Gasteiger partial charge is 0.469 e. The number of ether oxygens (including phenoxy) is 1. The summed E-state index contributed by atoms with van der Waals surface area (Å²) in [7, 11) is 1.32. The van der Waals surface area contributed by atoms with E-state index >= 15 is 0 Å². The molecular formula is C16H23NO4. The molecule has 5 nitrogen and oxygen atoms in total. The SMILES string of the molecule is CCC(CO)N(CCC(=O)OC)C(=O)c1ccccc1C. The van der Waals surface area contributed by atoms with Crippen molar-refractivity contribution in [1.29, 1.82) is 0 Å². The second-order valence-electron chi connectivity index (χ2n) is 4.88. The molecule has 21 heavy (non-hydrogen) atoms. The molecule has 0 aromatic heterocycles. The summed E-state index contributed by atoms with van der Waals surface area (Å²) in [5.41, 5.74) is 1.47. The van der Waals surface area contributed by atoms with Gasteiger partial charge in [0.2, 0.25) is 0 Å². The van der Waals surface area contributed by atoms with E-state index in [1.807, 2.05) is 26.0 Å². The van der Waals surface area contributed by atoms with Crippen molar-refractivity contribution in [3.05, 3.63) is 35.4 Å². The minimum atomic E-state index is -0.370. The first-order valence-electron chi connectivity index (χ1n) is 7.09. The van der Waals surface area contributed by atoms with Crippen molar-refractivity contribution in [2.45, 2.75) is 32.7 Å². The van der Waals surface area contributed by atoms with Gasteiger partial charge in [-0.25, -0.2) is 0 Å². The predicted molar refractivity (Wildman–Crippen MR) is 80.0 cm³/mol. The number of nitrogens with zero attached hydrogens (tertiary/aromatic N) is 1. The Kier molecular flexibility index (Phi) is 6.88. The first-order chi connectivity index (χ1) is 10.0. The van der Waals surface area contributed by atoms with E-state index in [1.165, 1.54) is 7.11 Å². The second-order valence-corrected chi connectivity index (χ2v) is 4.88. The van der Waals surface area contributed by atoms with Crippen LogP contribution in [0.25, 0.3) is 0 Å². The van der Waals surface area contributed by atoms with Gasteiger partial charge in [-0.3, -0.25) is 9.59 Å². The summed E-state index contributed by atoms with van der Waals surface area (Å²) < 4.78 is 4.62. The van der Waals surface area contributed by atoms with Gasteiger partial charge in [-0.15, -0.1) is 0 Å². The number of aryl methyl sites for hydroxylation is 1. The lowest BCUT2D eigenvalue weighted by Crippen LogP contribution is -2.43. The van der Waals surface area contributed by atoms with Crippen molar-refractivity contribution in [3.63, 3.8) is 0 Å². The topological polar surface area (TPSA) is 66.8 Å². The highest BCUT2D eigenvalue weighted by atomic mass is 16.5. The lowest BCUT2D eigenvalue weighted by Gasteiger charge is -2.30. The van der Waals surface area contributed by atoms with Gasteiger partial charge in [-0.1, -0.05) is 25.1 Å². The number of rotatable bonds is 7. The van der Waals surface area contributed by atoms with Crippen LogP contribution in [0.4, 0.5) is 0 Å². The highest BCUT2D eigenvalue weighted by molar-refractivity contribution is 5.96. The average Bonchev–Trinajstić information content (AvgIpc) is 2.50. The third-order valence-electron chi connectivity index (χ3n) is 3.54. The van der Waals surface area contributed by atoms with Gasteiger partial charge < -0.3 is 14.7 Å². The molecule has 0 aliphatic rings. The van der Waals surface area contributed by atoms with Crippen LogP contribution in [0.2, 0.25) is 0 Å². The van der Waals surface area contributed by atoms with E-state index in [2.05, 4.69) is 4.74 Å². The van der Waals surface area contributed by atoms with Crippen molar-refractivity contribution in [2.75, 3.05) is 20.3 Å². The van der Waals surface area contributed by atoms with Crippen molar-refractivity contribution < 1.29 is 19.4 Å². The van der Waals surface area contributed by atoms with Crippen LogP contribution in [-0.2, 0) is 9.53 Å². The molecule has 5 heteroatoms. The quantitative estimate of drug-likeness (QED) is 0.778. The van der Waals surface area contributed by atoms with Gasteiger partial charge in [-0.2, -0.15) is 0 Å². The maximum atomic E-state index is 12.7. The number of hydrogen-bond donors (Lipinski definition) is 1. The van der Waals surface area contributed by atoms with Gasteiger partial charge in [0.25, 0.3) is 5.91 Å². The third-order valence-corrected chi connectivity index (χ3v) is 3.54. The van der Waals surface area contributed by atoms with E-state index in [-0.39, 0.29) is 37.5 Å². The Morgan fingerprint density at radius 1 is 1.33 bits per heavy atom. The second kappa shape index (κ2) is 8.42. The third kappa shape index (κ3) is 4.56. The number of carbonyl (C=O) groups is 2. The molecule has 0 saturated heterocycles. The maximum Gasteiger partial charge on any atom is 0.307 e. The van der Waals surface area contributed by atoms with E-state index < -0.39 is 0 Å². The lowest BCUT2D eigenvalue weighted by molar-refractivity contribution is -0.140. The number of esters is 1. The zero-order valence-corrected chi connectivity index (χ0v) is 12.8. The van der Waals surface area contributed by atoms with Crippen molar-refractivity contribution >= 4 is 11.9 Å². The minimum absolute atomic E-state index is 0.116. The van der Waals surface area contributed by atoms with Gasteiger partial charge in [0.05, 0.1) is 26.2 Å². The fourth-order valence-electron chi connectivity index (χ4n) is 2.18. The van der Waals surface area contributed by atoms with Crippen LogP contribution in [-0.4, -0.2) is 48.2 Å². The number of aliphatic hydroxyl groups excluding tert-OH is 1. The maximum absolute atomic E-state index is 12.7. The molecule has 0 aliphatic heterocycles. The predicted octanol–water partition coefficient (Wildman–Crippen LogP) is 1.77. The Balaban J connectivity index is 2.97. The van der Waals surface area contributed by atoms with Gasteiger partial charge in [-0.05, 0) is 25.0 Å². The fourth-order valence-corrected chi connectivity index (χ4v) is 2.18. The molecule has 0 heterocycles. The van der Waals surface area contributed by atoms with Crippen LogP contribution >= 0.6 is 0 Å². The molecule has 0 radical (unpaired) electrons. The monoisotopic (exact) mass is 293 g/mol. The van der Waals surface area contributed by atoms with E-state index in [0.717, 1.165) is 5.56 Å². The Hall–Kier alpha value is -1.88. The number of amides is 1. The summed E-state index contributed by atoms with van der Waals surface area (Å²) in [5, 5.41) is 9.47. The molecule has 0 fully saturated rings. The van der Waals surface area contributed by atoms with Crippen LogP contribution in [0, 0.1) is 6.92 Å². The number of carbonyl (C=O) groups excluding carboxylic acids is 2. The molecule has 1 rings (SSSR count). The summed E-state index contributed by atoms with van der Waals surface area (Å²) in [5.74, 6) is -0.539. The number of hydrogen-bond acceptors (Lipinski definition) is 4. The highest BCUT2D eigenvalue weighted by Gasteiger charge is 2.24. The molecule has 0 spiro atoms. The normalized spacial score (nSPS) is 11.8. The van der Waals surface area contributed by atoms with E-state index in [0.29, 0.717) is 12.0 Å². The number of benzene rings is 1. The van der Waals surface area contributed by atoms with Crippen LogP contribution in [0.5, 0.6) is 0 Å². The molecule has 1 aromatic carbocycles. The lowest BCUT2D eigenvalue weighted by atomic mass is 10.1. The molecule has 1 aromatic rings. The smallest absolute Gasteiger partial charge is 0.307 e. The number of methoxy groups -OCH3 is 1. The summed E-state index contributed by atoms with van der Waals surface area (Å²) in [6.45, 7) is 3.87. The molecule has 116 valence electrons. The summed E-state index contributed by atoms with van der Waals surface area (Å²) >= 11 is 0. The molecule has 1 amide bonds. The van der Waals surface area contributed by atoms with Gasteiger partial charge >= 0.3 is 5.97 Å². The summed E-state index contributed by atoms with van der Waals surface area (Å²) in [6.07, 6.45) is 0.736. The molecule has 1 atom stereocenters. The molecule has 0 saturated carbocycles. The van der Waals surface area contributed by atoms with E-state index in [9.17, 15) is 14.7 Å². The molecule has 1 unspecified atom stereocenters. The standard InChI is InChI=1S/C16H23NO4/c1-4-13(11-18)17(10-9-15(19)21-3)16(20)14-8-6-5-7-12(14)2/h5-8,13,18H,4,9-11H2,1-3H3. The molecule has 0 bridgehead atoms. The van der Waals surface area contributed by atoms with Crippen molar-refractivity contribution in [3.8, 4) is 0 Å². The average molecular weight is 293 g/mol. The Bertz CT molecular complexity index is 483. The summed E-state index contributed by atoms with van der Waals surface area (Å²) in [6, 6.07) is 6.99. The molecular weight excluding hydrogens is 270 g/mol. The minimum Gasteiger partial charge on any atom is -0.469 e. The zero-order chi connectivity index (χ0) is 15.8. The van der Waals surface area contributed by atoms with Gasteiger partial charge in [0, 0.05) is 12.1 Å². The summed E-state index contributed by atoms with van der Waals surface area (Å²) in [4.78, 5) is 25.6. The first kappa shape index (κ1) is 17.2. The Morgan fingerprint density at radius 2 is 2.00 bits per heavy atom. The molecule has 0 aliphatic carbocycles.